The predicted molar refractivity (Wildman–Crippen MR) is 84.9 cm³/mol. The molecule has 0 bridgehead atoms. The third-order valence-electron chi connectivity index (χ3n) is 2.50. The summed E-state index contributed by atoms with van der Waals surface area (Å²) in [5.41, 5.74) is 0.705. The van der Waals surface area contributed by atoms with Gasteiger partial charge in [0.2, 0.25) is 5.91 Å². The fraction of sp³-hybridized carbons (Fsp3) is 0.467. The molecule has 0 fully saturated rings. The van der Waals surface area contributed by atoms with Crippen LogP contribution in [0.3, 0.4) is 0 Å². The van der Waals surface area contributed by atoms with Crippen LogP contribution in [0.15, 0.2) is 12.1 Å². The summed E-state index contributed by atoms with van der Waals surface area (Å²) in [7, 11) is 0. The van der Waals surface area contributed by atoms with Gasteiger partial charge in [-0.1, -0.05) is 23.2 Å². The largest absolute Gasteiger partial charge is 0.460 e. The lowest BCUT2D eigenvalue weighted by Gasteiger charge is -2.19. The number of esters is 1. The van der Waals surface area contributed by atoms with Gasteiger partial charge in [-0.3, -0.25) is 9.59 Å². The maximum Gasteiger partial charge on any atom is 0.306 e. The maximum atomic E-state index is 11.8. The van der Waals surface area contributed by atoms with Crippen molar-refractivity contribution in [3.63, 3.8) is 0 Å². The SMILES string of the molecule is Cc1cc(Cl)c(NC(=O)CCC(=O)OC(C)(C)C)cc1Cl. The Morgan fingerprint density at radius 3 is 2.33 bits per heavy atom. The molecule has 0 saturated heterocycles. The number of carbonyl (C=O) groups is 2. The number of aryl methyl sites for hydroxylation is 1. The van der Waals surface area contributed by atoms with Crippen LogP contribution in [0.1, 0.15) is 39.2 Å². The summed E-state index contributed by atoms with van der Waals surface area (Å²) in [5, 5.41) is 3.55. The van der Waals surface area contributed by atoms with E-state index in [9.17, 15) is 9.59 Å². The van der Waals surface area contributed by atoms with Crippen molar-refractivity contribution in [1.29, 1.82) is 0 Å². The third kappa shape index (κ3) is 6.36. The lowest BCUT2D eigenvalue weighted by molar-refractivity contribution is -0.155. The van der Waals surface area contributed by atoms with Gasteiger partial charge in [-0.25, -0.2) is 0 Å². The summed E-state index contributed by atoms with van der Waals surface area (Å²) >= 11 is 12.0. The van der Waals surface area contributed by atoms with Crippen LogP contribution >= 0.6 is 23.2 Å². The Balaban J connectivity index is 2.55. The van der Waals surface area contributed by atoms with Crippen molar-refractivity contribution >= 4 is 40.8 Å². The Labute approximate surface area is 134 Å². The van der Waals surface area contributed by atoms with Crippen molar-refractivity contribution in [2.24, 2.45) is 0 Å². The monoisotopic (exact) mass is 331 g/mol. The minimum Gasteiger partial charge on any atom is -0.460 e. The highest BCUT2D eigenvalue weighted by Crippen LogP contribution is 2.28. The molecule has 1 aromatic carbocycles. The fourth-order valence-corrected chi connectivity index (χ4v) is 1.99. The number of hydrogen-bond donors (Lipinski definition) is 1. The molecule has 1 N–H and O–H groups in total. The van der Waals surface area contributed by atoms with Crippen LogP contribution in [0.25, 0.3) is 0 Å². The van der Waals surface area contributed by atoms with Gasteiger partial charge < -0.3 is 10.1 Å². The third-order valence-corrected chi connectivity index (χ3v) is 3.22. The lowest BCUT2D eigenvalue weighted by atomic mass is 10.2. The fourth-order valence-electron chi connectivity index (χ4n) is 1.56. The average Bonchev–Trinajstić information content (AvgIpc) is 2.31. The first-order valence-electron chi connectivity index (χ1n) is 6.56. The molecule has 0 atom stereocenters. The molecule has 0 saturated carbocycles. The summed E-state index contributed by atoms with van der Waals surface area (Å²) in [6.45, 7) is 7.15. The highest BCUT2D eigenvalue weighted by atomic mass is 35.5. The minimum atomic E-state index is -0.554. The van der Waals surface area contributed by atoms with Gasteiger partial charge in [0, 0.05) is 11.4 Å². The second-order valence-electron chi connectivity index (χ2n) is 5.72. The first kappa shape index (κ1) is 17.8. The number of benzene rings is 1. The van der Waals surface area contributed by atoms with Gasteiger partial charge in [-0.15, -0.1) is 0 Å². The summed E-state index contributed by atoms with van der Waals surface area (Å²) in [6.07, 6.45) is 0.0387. The molecular formula is C15H19Cl2NO3. The van der Waals surface area contributed by atoms with Gasteiger partial charge in [0.15, 0.2) is 0 Å². The van der Waals surface area contributed by atoms with Crippen LogP contribution in [0.4, 0.5) is 5.69 Å². The summed E-state index contributed by atoms with van der Waals surface area (Å²) in [4.78, 5) is 23.3. The van der Waals surface area contributed by atoms with Crippen molar-refractivity contribution in [3.8, 4) is 0 Å². The Hall–Kier alpha value is -1.26. The molecular weight excluding hydrogens is 313 g/mol. The number of rotatable bonds is 4. The number of nitrogens with one attached hydrogen (secondary N) is 1. The van der Waals surface area contributed by atoms with Gasteiger partial charge in [0.1, 0.15) is 5.60 Å². The van der Waals surface area contributed by atoms with E-state index in [1.165, 1.54) is 0 Å². The number of halogens is 2. The molecule has 1 amide bonds. The quantitative estimate of drug-likeness (QED) is 0.834. The number of carbonyl (C=O) groups excluding carboxylic acids is 2. The topological polar surface area (TPSA) is 55.4 Å². The van der Waals surface area contributed by atoms with Gasteiger partial charge in [-0.2, -0.15) is 0 Å². The Kier molecular flexibility index (Phi) is 6.05. The molecule has 116 valence electrons. The molecule has 4 nitrogen and oxygen atoms in total. The summed E-state index contributed by atoms with van der Waals surface area (Å²) in [6, 6.07) is 3.26. The van der Waals surface area contributed by atoms with Crippen LogP contribution in [0.2, 0.25) is 10.0 Å². The second kappa shape index (κ2) is 7.14. The van der Waals surface area contributed by atoms with Crippen molar-refractivity contribution < 1.29 is 14.3 Å². The number of hydrogen-bond acceptors (Lipinski definition) is 3. The van der Waals surface area contributed by atoms with Crippen LogP contribution < -0.4 is 5.32 Å². The molecule has 0 aliphatic carbocycles. The van der Waals surface area contributed by atoms with E-state index in [-0.39, 0.29) is 18.7 Å². The van der Waals surface area contributed by atoms with E-state index in [0.29, 0.717) is 15.7 Å². The number of anilines is 1. The number of amides is 1. The Bertz CT molecular complexity index is 551. The molecule has 6 heteroatoms. The molecule has 1 aromatic rings. The molecule has 0 heterocycles. The minimum absolute atomic E-state index is 0.0142. The van der Waals surface area contributed by atoms with Crippen LogP contribution in [-0.2, 0) is 14.3 Å². The van der Waals surface area contributed by atoms with E-state index < -0.39 is 11.6 Å². The molecule has 0 spiro atoms. The predicted octanol–water partition coefficient (Wildman–Crippen LogP) is 4.36. The van der Waals surface area contributed by atoms with E-state index in [1.54, 1.807) is 32.9 Å². The molecule has 21 heavy (non-hydrogen) atoms. The molecule has 0 aliphatic heterocycles. The Morgan fingerprint density at radius 2 is 1.76 bits per heavy atom. The molecule has 0 unspecified atom stereocenters. The zero-order valence-electron chi connectivity index (χ0n) is 12.5. The van der Waals surface area contributed by atoms with Crippen molar-refractivity contribution in [3.05, 3.63) is 27.7 Å². The molecule has 0 radical (unpaired) electrons. The second-order valence-corrected chi connectivity index (χ2v) is 6.53. The number of ether oxygens (including phenoxy) is 1. The molecule has 0 aromatic heterocycles. The molecule has 0 aliphatic rings. The van der Waals surface area contributed by atoms with Crippen molar-refractivity contribution in [2.75, 3.05) is 5.32 Å². The molecule has 1 rings (SSSR count). The zero-order valence-corrected chi connectivity index (χ0v) is 14.1. The highest BCUT2D eigenvalue weighted by Gasteiger charge is 2.17. The van der Waals surface area contributed by atoms with E-state index in [2.05, 4.69) is 5.32 Å². The van der Waals surface area contributed by atoms with Crippen LogP contribution in [-0.4, -0.2) is 17.5 Å². The normalized spacial score (nSPS) is 11.1. The van der Waals surface area contributed by atoms with Crippen LogP contribution in [0, 0.1) is 6.92 Å². The van der Waals surface area contributed by atoms with Crippen molar-refractivity contribution in [1.82, 2.24) is 0 Å². The average molecular weight is 332 g/mol. The standard InChI is InChI=1S/C15H19Cl2NO3/c1-9-7-11(17)12(8-10(9)16)18-13(19)5-6-14(20)21-15(2,3)4/h7-8H,5-6H2,1-4H3,(H,18,19). The Morgan fingerprint density at radius 1 is 1.14 bits per heavy atom. The highest BCUT2D eigenvalue weighted by molar-refractivity contribution is 6.36. The lowest BCUT2D eigenvalue weighted by Crippen LogP contribution is -2.24. The summed E-state index contributed by atoms with van der Waals surface area (Å²) < 4.78 is 5.13. The first-order valence-corrected chi connectivity index (χ1v) is 7.31. The van der Waals surface area contributed by atoms with Crippen molar-refractivity contribution in [2.45, 2.75) is 46.1 Å². The zero-order chi connectivity index (χ0) is 16.2. The smallest absolute Gasteiger partial charge is 0.306 e. The summed E-state index contributed by atoms with van der Waals surface area (Å²) in [5.74, 6) is -0.728. The maximum absolute atomic E-state index is 11.8. The first-order chi connectivity index (χ1) is 9.58. The van der Waals surface area contributed by atoms with E-state index in [0.717, 1.165) is 5.56 Å². The van der Waals surface area contributed by atoms with E-state index in [1.807, 2.05) is 6.92 Å². The van der Waals surface area contributed by atoms with Gasteiger partial charge in [-0.05, 0) is 45.4 Å². The van der Waals surface area contributed by atoms with Crippen LogP contribution in [0.5, 0.6) is 0 Å². The van der Waals surface area contributed by atoms with E-state index in [4.69, 9.17) is 27.9 Å². The van der Waals surface area contributed by atoms with E-state index >= 15 is 0 Å². The van der Waals surface area contributed by atoms with Gasteiger partial charge in [0.25, 0.3) is 0 Å². The van der Waals surface area contributed by atoms with Gasteiger partial charge in [0.05, 0.1) is 17.1 Å². The van der Waals surface area contributed by atoms with Gasteiger partial charge >= 0.3 is 5.97 Å².